The molecule has 0 saturated heterocycles. The van der Waals surface area contributed by atoms with Gasteiger partial charge in [-0.3, -0.25) is 9.48 Å². The van der Waals surface area contributed by atoms with Crippen molar-refractivity contribution < 1.29 is 17.6 Å². The van der Waals surface area contributed by atoms with Gasteiger partial charge in [0.05, 0.1) is 24.2 Å². The third kappa shape index (κ3) is 4.72. The van der Waals surface area contributed by atoms with Crippen molar-refractivity contribution >= 4 is 15.9 Å². The number of carbonyl (C=O) groups excluding carboxylic acids is 1. The fourth-order valence-electron chi connectivity index (χ4n) is 3.99. The molecule has 3 rings (SSSR count). The molecule has 1 saturated carbocycles. The lowest BCUT2D eigenvalue weighted by atomic mass is 9.86. The number of sulfonamides is 1. The van der Waals surface area contributed by atoms with E-state index in [1.165, 1.54) is 28.7 Å². The molecule has 2 atom stereocenters. The van der Waals surface area contributed by atoms with Crippen molar-refractivity contribution in [1.29, 1.82) is 0 Å². The zero-order valence-corrected chi connectivity index (χ0v) is 18.3. The SMILES string of the molecule is Cc1nn(CC(=O)N[C@@H]2CCCC[C@@H]2C)c(C)c1S(=O)(=O)N(C)Cc1ccco1. The second kappa shape index (κ2) is 8.71. The minimum atomic E-state index is -3.77. The van der Waals surface area contributed by atoms with Gasteiger partial charge in [-0.05, 0) is 44.7 Å². The maximum Gasteiger partial charge on any atom is 0.246 e. The Labute approximate surface area is 172 Å². The Hall–Kier alpha value is -2.13. The molecule has 0 unspecified atom stereocenters. The predicted octanol–water partition coefficient (Wildman–Crippen LogP) is 2.61. The van der Waals surface area contributed by atoms with Crippen molar-refractivity contribution in [2.24, 2.45) is 5.92 Å². The highest BCUT2D eigenvalue weighted by Gasteiger charge is 2.30. The summed E-state index contributed by atoms with van der Waals surface area (Å²) in [5.41, 5.74) is 0.841. The number of carbonyl (C=O) groups is 1. The summed E-state index contributed by atoms with van der Waals surface area (Å²) in [6, 6.07) is 3.62. The normalized spacial score (nSPS) is 20.2. The first kappa shape index (κ1) is 21.6. The monoisotopic (exact) mass is 422 g/mol. The van der Waals surface area contributed by atoms with Gasteiger partial charge < -0.3 is 9.73 Å². The van der Waals surface area contributed by atoms with Crippen molar-refractivity contribution in [3.63, 3.8) is 0 Å². The molecule has 160 valence electrons. The first-order valence-corrected chi connectivity index (χ1v) is 11.5. The first-order chi connectivity index (χ1) is 13.7. The van der Waals surface area contributed by atoms with Gasteiger partial charge in [-0.15, -0.1) is 0 Å². The quantitative estimate of drug-likeness (QED) is 0.740. The van der Waals surface area contributed by atoms with Crippen LogP contribution in [0.4, 0.5) is 0 Å². The molecule has 1 aliphatic carbocycles. The average Bonchev–Trinajstić information content (AvgIpc) is 3.25. The second-order valence-corrected chi connectivity index (χ2v) is 9.92. The molecule has 0 aromatic carbocycles. The van der Waals surface area contributed by atoms with E-state index in [4.69, 9.17) is 4.42 Å². The van der Waals surface area contributed by atoms with Crippen molar-refractivity contribution in [2.45, 2.75) is 70.5 Å². The van der Waals surface area contributed by atoms with Gasteiger partial charge in [-0.2, -0.15) is 9.40 Å². The largest absolute Gasteiger partial charge is 0.468 e. The van der Waals surface area contributed by atoms with Crippen LogP contribution < -0.4 is 5.32 Å². The van der Waals surface area contributed by atoms with E-state index in [9.17, 15) is 13.2 Å². The first-order valence-electron chi connectivity index (χ1n) is 10.0. The standard InChI is InChI=1S/C20H30N4O4S/c1-14-8-5-6-10-18(14)21-19(25)13-24-16(3)20(15(2)22-24)29(26,27)23(4)12-17-9-7-11-28-17/h7,9,11,14,18H,5-6,8,10,12-13H2,1-4H3,(H,21,25)/t14-,18+/m0/s1. The van der Waals surface area contributed by atoms with Crippen molar-refractivity contribution in [3.05, 3.63) is 35.5 Å². The van der Waals surface area contributed by atoms with Crippen LogP contribution in [0.15, 0.2) is 27.7 Å². The van der Waals surface area contributed by atoms with Gasteiger partial charge in [-0.25, -0.2) is 8.42 Å². The maximum absolute atomic E-state index is 13.1. The molecule has 8 nitrogen and oxygen atoms in total. The number of amides is 1. The van der Waals surface area contributed by atoms with Crippen LogP contribution in [0.25, 0.3) is 0 Å². The highest BCUT2D eigenvalue weighted by molar-refractivity contribution is 7.89. The highest BCUT2D eigenvalue weighted by Crippen LogP contribution is 2.25. The number of nitrogens with one attached hydrogen (secondary N) is 1. The van der Waals surface area contributed by atoms with Crippen LogP contribution in [0.5, 0.6) is 0 Å². The zero-order valence-electron chi connectivity index (χ0n) is 17.5. The fourth-order valence-corrected chi connectivity index (χ4v) is 5.49. The van der Waals surface area contributed by atoms with Crippen LogP contribution in [0, 0.1) is 19.8 Å². The number of rotatable bonds is 7. The molecule has 0 aliphatic heterocycles. The van der Waals surface area contributed by atoms with E-state index in [2.05, 4.69) is 17.3 Å². The summed E-state index contributed by atoms with van der Waals surface area (Å²) < 4.78 is 34.1. The molecule has 2 heterocycles. The van der Waals surface area contributed by atoms with Gasteiger partial charge in [0, 0.05) is 13.1 Å². The molecular formula is C20H30N4O4S. The Bertz CT molecular complexity index is 950. The molecule has 0 radical (unpaired) electrons. The van der Waals surface area contributed by atoms with Gasteiger partial charge in [0.25, 0.3) is 0 Å². The van der Waals surface area contributed by atoms with E-state index < -0.39 is 10.0 Å². The van der Waals surface area contributed by atoms with E-state index in [-0.39, 0.29) is 29.9 Å². The lowest BCUT2D eigenvalue weighted by Gasteiger charge is -2.29. The number of nitrogens with zero attached hydrogens (tertiary/aromatic N) is 3. The molecule has 0 bridgehead atoms. The fraction of sp³-hybridized carbons (Fsp3) is 0.600. The zero-order chi connectivity index (χ0) is 21.2. The lowest BCUT2D eigenvalue weighted by molar-refractivity contribution is -0.123. The van der Waals surface area contributed by atoms with Crippen LogP contribution in [-0.2, 0) is 27.9 Å². The van der Waals surface area contributed by atoms with Gasteiger partial charge in [0.1, 0.15) is 17.2 Å². The molecule has 1 aliphatic rings. The van der Waals surface area contributed by atoms with Crippen LogP contribution in [0.2, 0.25) is 0 Å². The topological polar surface area (TPSA) is 97.4 Å². The summed E-state index contributed by atoms with van der Waals surface area (Å²) in [5.74, 6) is 0.876. The Balaban J connectivity index is 1.74. The van der Waals surface area contributed by atoms with Gasteiger partial charge in [-0.1, -0.05) is 19.8 Å². The number of aryl methyl sites for hydroxylation is 1. The average molecular weight is 423 g/mol. The van der Waals surface area contributed by atoms with Crippen LogP contribution in [-0.4, -0.2) is 41.5 Å². The van der Waals surface area contributed by atoms with Crippen LogP contribution >= 0.6 is 0 Å². The van der Waals surface area contributed by atoms with Crippen LogP contribution in [0.1, 0.15) is 49.8 Å². The Morgan fingerprint density at radius 1 is 1.34 bits per heavy atom. The van der Waals surface area contributed by atoms with Crippen molar-refractivity contribution in [3.8, 4) is 0 Å². The van der Waals surface area contributed by atoms with Gasteiger partial charge in [0.15, 0.2) is 0 Å². The number of aromatic nitrogens is 2. The van der Waals surface area contributed by atoms with Crippen molar-refractivity contribution in [1.82, 2.24) is 19.4 Å². The molecule has 2 aromatic heterocycles. The maximum atomic E-state index is 13.1. The summed E-state index contributed by atoms with van der Waals surface area (Å²) >= 11 is 0. The molecule has 9 heteroatoms. The van der Waals surface area contributed by atoms with E-state index in [1.807, 2.05) is 0 Å². The highest BCUT2D eigenvalue weighted by atomic mass is 32.2. The summed E-state index contributed by atoms with van der Waals surface area (Å²) in [5, 5.41) is 7.43. The Morgan fingerprint density at radius 2 is 2.07 bits per heavy atom. The van der Waals surface area contributed by atoms with Crippen molar-refractivity contribution in [2.75, 3.05) is 7.05 Å². The molecular weight excluding hydrogens is 392 g/mol. The molecule has 1 N–H and O–H groups in total. The number of furan rings is 1. The number of hydrogen-bond acceptors (Lipinski definition) is 5. The predicted molar refractivity (Wildman–Crippen MR) is 109 cm³/mol. The summed E-state index contributed by atoms with van der Waals surface area (Å²) in [6.07, 6.45) is 5.95. The lowest BCUT2D eigenvalue weighted by Crippen LogP contribution is -2.42. The van der Waals surface area contributed by atoms with E-state index in [1.54, 1.807) is 26.0 Å². The van der Waals surface area contributed by atoms with E-state index in [0.717, 1.165) is 19.3 Å². The smallest absolute Gasteiger partial charge is 0.246 e. The third-order valence-corrected chi connectivity index (χ3v) is 7.75. The van der Waals surface area contributed by atoms with E-state index in [0.29, 0.717) is 23.1 Å². The molecule has 1 amide bonds. The molecule has 0 spiro atoms. The Kier molecular flexibility index (Phi) is 6.48. The molecule has 1 fully saturated rings. The van der Waals surface area contributed by atoms with E-state index >= 15 is 0 Å². The van der Waals surface area contributed by atoms with Crippen LogP contribution in [0.3, 0.4) is 0 Å². The summed E-state index contributed by atoms with van der Waals surface area (Å²) in [4.78, 5) is 12.7. The minimum absolute atomic E-state index is 0.00725. The summed E-state index contributed by atoms with van der Waals surface area (Å²) in [6.45, 7) is 5.63. The Morgan fingerprint density at radius 3 is 2.72 bits per heavy atom. The number of hydrogen-bond donors (Lipinski definition) is 1. The third-order valence-electron chi connectivity index (χ3n) is 5.69. The van der Waals surface area contributed by atoms with Gasteiger partial charge >= 0.3 is 0 Å². The molecule has 29 heavy (non-hydrogen) atoms. The van der Waals surface area contributed by atoms with Gasteiger partial charge in [0.2, 0.25) is 15.9 Å². The summed E-state index contributed by atoms with van der Waals surface area (Å²) in [7, 11) is -2.26. The molecule has 2 aromatic rings. The second-order valence-electron chi connectivity index (χ2n) is 7.93. The minimum Gasteiger partial charge on any atom is -0.468 e.